The lowest BCUT2D eigenvalue weighted by atomic mass is 9.98. The first kappa shape index (κ1) is 18.6. The number of aryl methyl sites for hydroxylation is 2. The number of carbonyl (C=O) groups excluding carboxylic acids is 2. The van der Waals surface area contributed by atoms with Gasteiger partial charge in [0.1, 0.15) is 0 Å². The molecule has 0 radical (unpaired) electrons. The van der Waals surface area contributed by atoms with Gasteiger partial charge in [0.05, 0.1) is 16.5 Å². The molecule has 2 aromatic rings. The van der Waals surface area contributed by atoms with Crippen LogP contribution in [0, 0.1) is 6.92 Å². The Labute approximate surface area is 166 Å². The number of piperidine rings is 1. The Morgan fingerprint density at radius 2 is 2.25 bits per heavy atom. The van der Waals surface area contributed by atoms with E-state index in [0.717, 1.165) is 49.0 Å². The molecule has 146 valence electrons. The highest BCUT2D eigenvalue weighted by Gasteiger charge is 2.28. The van der Waals surface area contributed by atoms with Crippen LogP contribution in [0.15, 0.2) is 15.6 Å². The smallest absolute Gasteiger partial charge is 0.290 e. The van der Waals surface area contributed by atoms with Crippen LogP contribution in [0.3, 0.4) is 0 Å². The van der Waals surface area contributed by atoms with E-state index in [2.05, 4.69) is 30.3 Å². The summed E-state index contributed by atoms with van der Waals surface area (Å²) >= 11 is 0.881. The summed E-state index contributed by atoms with van der Waals surface area (Å²) < 4.78 is 5.42. The van der Waals surface area contributed by atoms with Crippen molar-refractivity contribution in [2.75, 3.05) is 18.0 Å². The minimum Gasteiger partial charge on any atom is -0.340 e. The van der Waals surface area contributed by atoms with Crippen molar-refractivity contribution in [1.29, 1.82) is 0 Å². The third-order valence-electron chi connectivity index (χ3n) is 4.76. The van der Waals surface area contributed by atoms with E-state index in [1.807, 2.05) is 13.8 Å². The van der Waals surface area contributed by atoms with Gasteiger partial charge in [-0.3, -0.25) is 14.9 Å². The first-order valence-electron chi connectivity index (χ1n) is 9.19. The maximum atomic E-state index is 11.8. The van der Waals surface area contributed by atoms with E-state index < -0.39 is 5.91 Å². The zero-order valence-corrected chi connectivity index (χ0v) is 16.5. The molecule has 1 atom stereocenters. The van der Waals surface area contributed by atoms with Gasteiger partial charge >= 0.3 is 0 Å². The minimum absolute atomic E-state index is 0.141. The molecular weight excluding hydrogens is 380 g/mol. The molecule has 2 aliphatic rings. The number of nitrogens with one attached hydrogen (secondary N) is 1. The summed E-state index contributed by atoms with van der Waals surface area (Å²) in [5, 5.41) is 5.88. The maximum absolute atomic E-state index is 11.8. The quantitative estimate of drug-likeness (QED) is 0.773. The highest BCUT2D eigenvalue weighted by molar-refractivity contribution is 8.18. The number of amides is 2. The fourth-order valence-corrected chi connectivity index (χ4v) is 3.88. The van der Waals surface area contributed by atoms with Crippen LogP contribution >= 0.6 is 11.8 Å². The number of carbonyl (C=O) groups is 2. The molecule has 2 saturated heterocycles. The Hall–Kier alpha value is -2.75. The van der Waals surface area contributed by atoms with E-state index in [-0.39, 0.29) is 11.2 Å². The summed E-state index contributed by atoms with van der Waals surface area (Å²) in [4.78, 5) is 39.2. The zero-order chi connectivity index (χ0) is 19.7. The van der Waals surface area contributed by atoms with Crippen molar-refractivity contribution in [2.45, 2.75) is 39.0 Å². The lowest BCUT2D eigenvalue weighted by Crippen LogP contribution is -2.35. The summed E-state index contributed by atoms with van der Waals surface area (Å²) in [5.41, 5.74) is 1.47. The Kier molecular flexibility index (Phi) is 5.12. The first-order chi connectivity index (χ1) is 13.5. The second-order valence-corrected chi connectivity index (χ2v) is 7.79. The van der Waals surface area contributed by atoms with Gasteiger partial charge in [0, 0.05) is 25.7 Å². The van der Waals surface area contributed by atoms with E-state index in [1.165, 1.54) is 0 Å². The van der Waals surface area contributed by atoms with Crippen molar-refractivity contribution in [3.8, 4) is 0 Å². The molecule has 9 nitrogen and oxygen atoms in total. The van der Waals surface area contributed by atoms with E-state index in [4.69, 9.17) is 4.52 Å². The molecule has 2 aliphatic heterocycles. The predicted molar refractivity (Wildman–Crippen MR) is 104 cm³/mol. The van der Waals surface area contributed by atoms with Crippen molar-refractivity contribution >= 4 is 34.9 Å². The van der Waals surface area contributed by atoms with Crippen molar-refractivity contribution < 1.29 is 14.1 Å². The summed E-state index contributed by atoms with van der Waals surface area (Å²) in [5.74, 6) is 1.72. The van der Waals surface area contributed by atoms with Crippen LogP contribution in [0.5, 0.6) is 0 Å². The van der Waals surface area contributed by atoms with Crippen LogP contribution in [-0.4, -0.2) is 44.3 Å². The van der Waals surface area contributed by atoms with E-state index in [9.17, 15) is 9.59 Å². The highest BCUT2D eigenvalue weighted by Crippen LogP contribution is 2.29. The highest BCUT2D eigenvalue weighted by atomic mass is 32.2. The Morgan fingerprint density at radius 1 is 1.39 bits per heavy atom. The third-order valence-corrected chi connectivity index (χ3v) is 5.57. The standard InChI is InChI=1S/C18H20N6O3S/c1-3-14-21-16(27-23-14)11-5-4-6-24(9-11)17-19-8-10(2)12(20-17)7-13-15(25)22-18(26)28-13/h7-8,11H,3-6,9H2,1-2H3,(H,22,25,26). The van der Waals surface area contributed by atoms with Gasteiger partial charge in [0.25, 0.3) is 11.1 Å². The predicted octanol–water partition coefficient (Wildman–Crippen LogP) is 2.44. The van der Waals surface area contributed by atoms with Gasteiger partial charge in [-0.05, 0) is 43.2 Å². The summed E-state index contributed by atoms with van der Waals surface area (Å²) in [6, 6.07) is 0. The van der Waals surface area contributed by atoms with E-state index in [0.29, 0.717) is 29.0 Å². The molecule has 0 bridgehead atoms. The summed E-state index contributed by atoms with van der Waals surface area (Å²) in [6.45, 7) is 5.39. The largest absolute Gasteiger partial charge is 0.340 e. The van der Waals surface area contributed by atoms with Crippen molar-refractivity contribution in [3.05, 3.63) is 34.1 Å². The van der Waals surface area contributed by atoms with Gasteiger partial charge in [-0.1, -0.05) is 12.1 Å². The third kappa shape index (κ3) is 3.77. The van der Waals surface area contributed by atoms with Gasteiger partial charge in [-0.25, -0.2) is 9.97 Å². The second kappa shape index (κ2) is 7.70. The van der Waals surface area contributed by atoms with Gasteiger partial charge in [-0.2, -0.15) is 4.98 Å². The number of aromatic nitrogens is 4. The molecule has 2 aromatic heterocycles. The van der Waals surface area contributed by atoms with Crippen LogP contribution in [-0.2, 0) is 11.2 Å². The van der Waals surface area contributed by atoms with Gasteiger partial charge in [0.2, 0.25) is 11.8 Å². The molecule has 2 fully saturated rings. The summed E-state index contributed by atoms with van der Waals surface area (Å²) in [7, 11) is 0. The molecule has 0 aromatic carbocycles. The molecule has 2 amide bonds. The van der Waals surface area contributed by atoms with Gasteiger partial charge < -0.3 is 9.42 Å². The lowest BCUT2D eigenvalue weighted by molar-refractivity contribution is -0.115. The number of thioether (sulfide) groups is 1. The summed E-state index contributed by atoms with van der Waals surface area (Å²) in [6.07, 6.45) is 6.06. The van der Waals surface area contributed by atoms with E-state index in [1.54, 1.807) is 12.3 Å². The van der Waals surface area contributed by atoms with Crippen LogP contribution in [0.2, 0.25) is 0 Å². The van der Waals surface area contributed by atoms with Crippen LogP contribution < -0.4 is 10.2 Å². The molecule has 4 rings (SSSR count). The topological polar surface area (TPSA) is 114 Å². The fraction of sp³-hybridized carbons (Fsp3) is 0.444. The number of rotatable bonds is 4. The fourth-order valence-electron chi connectivity index (χ4n) is 3.23. The molecular formula is C18H20N6O3S. The molecule has 1 unspecified atom stereocenters. The average Bonchev–Trinajstić information content (AvgIpc) is 3.30. The molecule has 0 spiro atoms. The molecule has 10 heteroatoms. The van der Waals surface area contributed by atoms with Crippen LogP contribution in [0.1, 0.15) is 48.7 Å². The number of imide groups is 1. The zero-order valence-electron chi connectivity index (χ0n) is 15.6. The SMILES string of the molecule is CCc1noc(C2CCCN(c3ncc(C)c(C=C4SC(=O)NC4=O)n3)C2)n1. The molecule has 28 heavy (non-hydrogen) atoms. The molecule has 4 heterocycles. The molecule has 1 N–H and O–H groups in total. The minimum atomic E-state index is -0.393. The normalized spacial score (nSPS) is 21.4. The number of anilines is 1. The number of hydrogen-bond acceptors (Lipinski definition) is 9. The molecule has 0 saturated carbocycles. The van der Waals surface area contributed by atoms with Crippen molar-refractivity contribution in [1.82, 2.24) is 25.4 Å². The number of hydrogen-bond donors (Lipinski definition) is 1. The Bertz CT molecular complexity index is 957. The first-order valence-corrected chi connectivity index (χ1v) is 10.0. The number of nitrogens with zero attached hydrogens (tertiary/aromatic N) is 5. The van der Waals surface area contributed by atoms with Crippen molar-refractivity contribution in [3.63, 3.8) is 0 Å². The van der Waals surface area contributed by atoms with Crippen LogP contribution in [0.4, 0.5) is 10.7 Å². The van der Waals surface area contributed by atoms with Crippen LogP contribution in [0.25, 0.3) is 6.08 Å². The maximum Gasteiger partial charge on any atom is 0.290 e. The van der Waals surface area contributed by atoms with Crippen molar-refractivity contribution in [2.24, 2.45) is 0 Å². The Morgan fingerprint density at radius 3 is 2.96 bits per heavy atom. The molecule has 0 aliphatic carbocycles. The van der Waals surface area contributed by atoms with E-state index >= 15 is 0 Å². The monoisotopic (exact) mass is 400 g/mol. The van der Waals surface area contributed by atoms with Gasteiger partial charge in [-0.15, -0.1) is 0 Å². The lowest BCUT2D eigenvalue weighted by Gasteiger charge is -2.31. The second-order valence-electron chi connectivity index (χ2n) is 6.78. The van der Waals surface area contributed by atoms with Gasteiger partial charge in [0.15, 0.2) is 5.82 Å². The Balaban J connectivity index is 1.56. The average molecular weight is 400 g/mol.